The molecule has 1 rings (SSSR count). The molecule has 0 spiro atoms. The number of rotatable bonds is 7. The predicted octanol–water partition coefficient (Wildman–Crippen LogP) is 3.51. The van der Waals surface area contributed by atoms with Crippen molar-refractivity contribution in [3.05, 3.63) is 34.9 Å². The lowest BCUT2D eigenvalue weighted by Gasteiger charge is -2.17. The molecule has 0 radical (unpaired) electrons. The molecule has 1 aromatic rings. The first kappa shape index (κ1) is 15.5. The van der Waals surface area contributed by atoms with E-state index in [0.29, 0.717) is 17.9 Å². The summed E-state index contributed by atoms with van der Waals surface area (Å²) in [5.74, 6) is 0.188. The molecule has 102 valence electrons. The molecule has 1 N–H and O–H groups in total. The highest BCUT2D eigenvalue weighted by atomic mass is 35.5. The van der Waals surface area contributed by atoms with Gasteiger partial charge in [0.1, 0.15) is 0 Å². The van der Waals surface area contributed by atoms with Crippen LogP contribution in [0.1, 0.15) is 44.7 Å². The molecule has 0 fully saturated rings. The van der Waals surface area contributed by atoms with E-state index in [1.54, 1.807) is 12.1 Å². The lowest BCUT2D eigenvalue weighted by molar-refractivity contribution is 0.547. The van der Waals surface area contributed by atoms with E-state index in [1.807, 2.05) is 26.0 Å². The van der Waals surface area contributed by atoms with Crippen molar-refractivity contribution in [1.82, 2.24) is 4.72 Å². The second-order valence-electron chi connectivity index (χ2n) is 4.30. The molecule has 0 aliphatic rings. The summed E-state index contributed by atoms with van der Waals surface area (Å²) >= 11 is 5.82. The van der Waals surface area contributed by atoms with Gasteiger partial charge in [0, 0.05) is 11.1 Å². The van der Waals surface area contributed by atoms with Gasteiger partial charge in [0.05, 0.1) is 5.75 Å². The zero-order chi connectivity index (χ0) is 13.6. The van der Waals surface area contributed by atoms with Gasteiger partial charge in [-0.15, -0.1) is 0 Å². The van der Waals surface area contributed by atoms with Crippen LogP contribution >= 0.6 is 11.6 Å². The molecule has 5 heteroatoms. The third-order valence-corrected chi connectivity index (χ3v) is 4.49. The van der Waals surface area contributed by atoms with Gasteiger partial charge >= 0.3 is 0 Å². The quantitative estimate of drug-likeness (QED) is 0.835. The lowest BCUT2D eigenvalue weighted by atomic mass is 10.1. The normalized spacial score (nSPS) is 13.5. The minimum Gasteiger partial charge on any atom is -0.212 e. The van der Waals surface area contributed by atoms with Crippen LogP contribution in [0.25, 0.3) is 0 Å². The van der Waals surface area contributed by atoms with Gasteiger partial charge in [-0.1, -0.05) is 44.0 Å². The Morgan fingerprint density at radius 2 is 1.83 bits per heavy atom. The number of benzene rings is 1. The van der Waals surface area contributed by atoms with Gasteiger partial charge in [0.15, 0.2) is 0 Å². The van der Waals surface area contributed by atoms with E-state index < -0.39 is 10.0 Å². The molecular weight excluding hydrogens is 270 g/mol. The standard InChI is InChI=1S/C13H20ClNO2S/c1-3-5-10-18(16,17)15-13(4-2)11-6-8-12(14)9-7-11/h6-9,13,15H,3-5,10H2,1-2H3/t13-/m1/s1. The van der Waals surface area contributed by atoms with Crippen LogP contribution in [0.2, 0.25) is 5.02 Å². The second-order valence-corrected chi connectivity index (χ2v) is 6.61. The fourth-order valence-electron chi connectivity index (χ4n) is 1.69. The van der Waals surface area contributed by atoms with Gasteiger partial charge < -0.3 is 0 Å². The van der Waals surface area contributed by atoms with Crippen molar-refractivity contribution in [2.24, 2.45) is 0 Å². The topological polar surface area (TPSA) is 46.2 Å². The molecule has 0 saturated carbocycles. The van der Waals surface area contributed by atoms with Crippen LogP contribution in [0.3, 0.4) is 0 Å². The van der Waals surface area contributed by atoms with Gasteiger partial charge in [0.2, 0.25) is 10.0 Å². The molecule has 0 aliphatic heterocycles. The molecule has 18 heavy (non-hydrogen) atoms. The molecule has 0 bridgehead atoms. The molecule has 1 atom stereocenters. The third-order valence-electron chi connectivity index (χ3n) is 2.77. The summed E-state index contributed by atoms with van der Waals surface area (Å²) in [6.07, 6.45) is 2.28. The van der Waals surface area contributed by atoms with Gasteiger partial charge in [-0.25, -0.2) is 13.1 Å². The van der Waals surface area contributed by atoms with E-state index in [2.05, 4.69) is 4.72 Å². The highest BCUT2D eigenvalue weighted by molar-refractivity contribution is 7.89. The van der Waals surface area contributed by atoms with E-state index in [4.69, 9.17) is 11.6 Å². The minimum atomic E-state index is -3.20. The summed E-state index contributed by atoms with van der Waals surface area (Å²) in [4.78, 5) is 0. The van der Waals surface area contributed by atoms with Gasteiger partial charge in [-0.3, -0.25) is 0 Å². The molecule has 0 amide bonds. The Hall–Kier alpha value is -0.580. The van der Waals surface area contributed by atoms with E-state index in [1.165, 1.54) is 0 Å². The maximum Gasteiger partial charge on any atom is 0.212 e. The molecule has 0 heterocycles. The van der Waals surface area contributed by atoms with Crippen molar-refractivity contribution >= 4 is 21.6 Å². The number of sulfonamides is 1. The Labute approximate surface area is 115 Å². The van der Waals surface area contributed by atoms with E-state index in [-0.39, 0.29) is 11.8 Å². The Morgan fingerprint density at radius 1 is 1.22 bits per heavy atom. The highest BCUT2D eigenvalue weighted by Gasteiger charge is 2.17. The van der Waals surface area contributed by atoms with Gasteiger partial charge in [-0.2, -0.15) is 0 Å². The van der Waals surface area contributed by atoms with Crippen LogP contribution < -0.4 is 4.72 Å². The summed E-state index contributed by atoms with van der Waals surface area (Å²) < 4.78 is 26.5. The number of hydrogen-bond acceptors (Lipinski definition) is 2. The van der Waals surface area contributed by atoms with Crippen molar-refractivity contribution < 1.29 is 8.42 Å². The minimum absolute atomic E-state index is 0.177. The Balaban J connectivity index is 2.76. The van der Waals surface area contributed by atoms with Crippen LogP contribution in [0.4, 0.5) is 0 Å². The average Bonchev–Trinajstić information content (AvgIpc) is 2.35. The molecular formula is C13H20ClNO2S. The molecule has 0 aromatic heterocycles. The lowest BCUT2D eigenvalue weighted by Crippen LogP contribution is -2.30. The first-order chi connectivity index (χ1) is 8.48. The molecule has 1 aromatic carbocycles. The zero-order valence-corrected chi connectivity index (χ0v) is 12.4. The largest absolute Gasteiger partial charge is 0.212 e. The maximum absolute atomic E-state index is 11.9. The van der Waals surface area contributed by atoms with Crippen LogP contribution in [0.5, 0.6) is 0 Å². The SMILES string of the molecule is CCCCS(=O)(=O)N[C@H](CC)c1ccc(Cl)cc1. The summed E-state index contributed by atoms with van der Waals surface area (Å²) in [5, 5.41) is 0.655. The first-order valence-corrected chi connectivity index (χ1v) is 8.27. The zero-order valence-electron chi connectivity index (χ0n) is 10.8. The summed E-state index contributed by atoms with van der Waals surface area (Å²) in [5.41, 5.74) is 0.946. The third kappa shape index (κ3) is 4.96. The van der Waals surface area contributed by atoms with E-state index in [9.17, 15) is 8.42 Å². The molecule has 3 nitrogen and oxygen atoms in total. The van der Waals surface area contributed by atoms with Crippen LogP contribution in [-0.4, -0.2) is 14.2 Å². The number of halogens is 1. The van der Waals surface area contributed by atoms with E-state index >= 15 is 0 Å². The second kappa shape index (κ2) is 7.12. The highest BCUT2D eigenvalue weighted by Crippen LogP contribution is 2.20. The summed E-state index contributed by atoms with van der Waals surface area (Å²) in [6.45, 7) is 3.94. The van der Waals surface area contributed by atoms with E-state index in [0.717, 1.165) is 12.0 Å². The first-order valence-electron chi connectivity index (χ1n) is 6.24. The average molecular weight is 290 g/mol. The van der Waals surface area contributed by atoms with Crippen molar-refractivity contribution in [3.63, 3.8) is 0 Å². The van der Waals surface area contributed by atoms with Gasteiger partial charge in [0.25, 0.3) is 0 Å². The Kier molecular flexibility index (Phi) is 6.12. The van der Waals surface area contributed by atoms with Crippen LogP contribution in [-0.2, 0) is 10.0 Å². The smallest absolute Gasteiger partial charge is 0.212 e. The van der Waals surface area contributed by atoms with Crippen LogP contribution in [0.15, 0.2) is 24.3 Å². The van der Waals surface area contributed by atoms with Crippen molar-refractivity contribution in [2.75, 3.05) is 5.75 Å². The van der Waals surface area contributed by atoms with Crippen molar-refractivity contribution in [2.45, 2.75) is 39.2 Å². The summed E-state index contributed by atoms with van der Waals surface area (Å²) in [6, 6.07) is 7.10. The van der Waals surface area contributed by atoms with Gasteiger partial charge in [-0.05, 0) is 30.5 Å². The Bertz CT molecular complexity index is 456. The van der Waals surface area contributed by atoms with Crippen LogP contribution in [0, 0.1) is 0 Å². The number of unbranched alkanes of at least 4 members (excludes halogenated alkanes) is 1. The molecule has 0 aliphatic carbocycles. The van der Waals surface area contributed by atoms with Crippen molar-refractivity contribution in [1.29, 1.82) is 0 Å². The fraction of sp³-hybridized carbons (Fsp3) is 0.538. The summed E-state index contributed by atoms with van der Waals surface area (Å²) in [7, 11) is -3.20. The molecule has 0 unspecified atom stereocenters. The number of hydrogen-bond donors (Lipinski definition) is 1. The fourth-order valence-corrected chi connectivity index (χ4v) is 3.34. The maximum atomic E-state index is 11.9. The van der Waals surface area contributed by atoms with Crippen molar-refractivity contribution in [3.8, 4) is 0 Å². The number of nitrogens with one attached hydrogen (secondary N) is 1. The predicted molar refractivity (Wildman–Crippen MR) is 76.3 cm³/mol. The monoisotopic (exact) mass is 289 g/mol. The molecule has 0 saturated heterocycles. The Morgan fingerprint density at radius 3 is 2.33 bits per heavy atom.